The normalized spacial score (nSPS) is 11.9. The Bertz CT molecular complexity index is 805. The number of nitrogens with zero attached hydrogens (tertiary/aromatic N) is 1. The van der Waals surface area contributed by atoms with Gasteiger partial charge in [-0.05, 0) is 36.6 Å². The molecule has 0 aliphatic heterocycles. The van der Waals surface area contributed by atoms with Crippen LogP contribution in [0, 0.1) is 11.7 Å². The smallest absolute Gasteiger partial charge is 0.362 e. The lowest BCUT2D eigenvalue weighted by Gasteiger charge is -2.20. The molecule has 0 aliphatic rings. The maximum Gasteiger partial charge on any atom is 0.362 e. The third kappa shape index (κ3) is 5.50. The minimum absolute atomic E-state index is 0.0224. The molecule has 1 aromatic heterocycles. The summed E-state index contributed by atoms with van der Waals surface area (Å²) < 4.78 is 24.3. The van der Waals surface area contributed by atoms with Crippen LogP contribution in [0.15, 0.2) is 36.4 Å². The Labute approximate surface area is 162 Å². The number of carbonyl (C=O) groups is 2. The molecule has 0 fully saturated rings. The fraction of sp³-hybridized carbons (Fsp3) is 0.350. The first-order valence-electron chi connectivity index (χ1n) is 8.67. The van der Waals surface area contributed by atoms with Crippen molar-refractivity contribution in [2.45, 2.75) is 39.7 Å². The van der Waals surface area contributed by atoms with E-state index < -0.39 is 17.8 Å². The number of esters is 2. The molecule has 0 N–H and O–H groups in total. The second-order valence-electron chi connectivity index (χ2n) is 6.32. The molecular weight excluding hydrogens is 373 g/mol. The Hall–Kier alpha value is -2.47. The van der Waals surface area contributed by atoms with Crippen LogP contribution in [0.25, 0.3) is 0 Å². The highest BCUT2D eigenvalue weighted by Gasteiger charge is 2.22. The van der Waals surface area contributed by atoms with Crippen molar-refractivity contribution in [1.29, 1.82) is 0 Å². The molecule has 0 saturated heterocycles. The molecule has 1 heterocycles. The number of hydrogen-bond acceptors (Lipinski definition) is 5. The van der Waals surface area contributed by atoms with E-state index in [9.17, 15) is 14.0 Å². The Morgan fingerprint density at radius 1 is 1.11 bits per heavy atom. The second kappa shape index (κ2) is 9.46. The average molecular weight is 394 g/mol. The predicted octanol–water partition coefficient (Wildman–Crippen LogP) is 5.07. The van der Waals surface area contributed by atoms with Crippen LogP contribution in [-0.2, 0) is 4.74 Å². The summed E-state index contributed by atoms with van der Waals surface area (Å²) in [7, 11) is 0. The van der Waals surface area contributed by atoms with Gasteiger partial charge in [-0.15, -0.1) is 0 Å². The molecule has 7 heteroatoms. The first-order valence-corrected chi connectivity index (χ1v) is 9.05. The van der Waals surface area contributed by atoms with E-state index in [0.29, 0.717) is 0 Å². The van der Waals surface area contributed by atoms with Crippen LogP contribution >= 0.6 is 11.6 Å². The fourth-order valence-corrected chi connectivity index (χ4v) is 2.60. The zero-order valence-electron chi connectivity index (χ0n) is 15.4. The van der Waals surface area contributed by atoms with Crippen LogP contribution < -0.4 is 4.74 Å². The monoisotopic (exact) mass is 393 g/mol. The molecule has 1 unspecified atom stereocenters. The molecule has 2 rings (SSSR count). The molecule has 0 spiro atoms. The minimum atomic E-state index is -0.925. The molecule has 0 saturated carbocycles. The number of carbonyl (C=O) groups excluding carboxylic acids is 2. The third-order valence-electron chi connectivity index (χ3n) is 3.86. The van der Waals surface area contributed by atoms with Gasteiger partial charge < -0.3 is 9.47 Å². The van der Waals surface area contributed by atoms with Crippen molar-refractivity contribution in [3.8, 4) is 5.75 Å². The number of pyridine rings is 1. The van der Waals surface area contributed by atoms with E-state index in [0.717, 1.165) is 18.9 Å². The molecule has 0 radical (unpaired) electrons. The summed E-state index contributed by atoms with van der Waals surface area (Å²) in [4.78, 5) is 28.6. The molecule has 144 valence electrons. The van der Waals surface area contributed by atoms with E-state index >= 15 is 0 Å². The Morgan fingerprint density at radius 2 is 1.74 bits per heavy atom. The lowest BCUT2D eigenvalue weighted by Crippen LogP contribution is -2.24. The molecule has 1 aromatic carbocycles. The number of para-hydroxylation sites is 1. The van der Waals surface area contributed by atoms with Gasteiger partial charge in [-0.2, -0.15) is 0 Å². The number of ether oxygens (including phenoxy) is 2. The first kappa shape index (κ1) is 20.8. The third-order valence-corrected chi connectivity index (χ3v) is 4.15. The molecule has 0 amide bonds. The van der Waals surface area contributed by atoms with Crippen LogP contribution in [0.2, 0.25) is 5.02 Å². The maximum absolute atomic E-state index is 13.8. The first-order chi connectivity index (χ1) is 12.8. The number of benzene rings is 1. The van der Waals surface area contributed by atoms with Gasteiger partial charge in [0.05, 0.1) is 5.02 Å². The predicted molar refractivity (Wildman–Crippen MR) is 99.6 cm³/mol. The summed E-state index contributed by atoms with van der Waals surface area (Å²) in [5, 5.41) is -0.0433. The van der Waals surface area contributed by atoms with E-state index in [4.69, 9.17) is 21.1 Å². The number of rotatable bonds is 7. The van der Waals surface area contributed by atoms with Crippen LogP contribution in [-0.4, -0.2) is 23.0 Å². The van der Waals surface area contributed by atoms with E-state index in [2.05, 4.69) is 4.98 Å². The van der Waals surface area contributed by atoms with Gasteiger partial charge >= 0.3 is 11.9 Å². The van der Waals surface area contributed by atoms with Gasteiger partial charge in [-0.3, -0.25) is 0 Å². The molecule has 2 aromatic rings. The lowest BCUT2D eigenvalue weighted by atomic mass is 10.0. The molecule has 5 nitrogen and oxygen atoms in total. The quantitative estimate of drug-likeness (QED) is 0.485. The van der Waals surface area contributed by atoms with Crippen molar-refractivity contribution in [2.75, 3.05) is 0 Å². The number of aromatic nitrogens is 1. The van der Waals surface area contributed by atoms with Crippen LogP contribution in [0.3, 0.4) is 0 Å². The summed E-state index contributed by atoms with van der Waals surface area (Å²) in [5.41, 5.74) is -0.175. The second-order valence-corrected chi connectivity index (χ2v) is 6.73. The standard InChI is InChI=1S/C20H21ClFNO4/c1-4-7-17(12(2)3)26-19(24)15-10-6-11-16(23-15)20(25)27-18-13(21)8-5-9-14(18)22/h5-6,8-12,17H,4,7H2,1-3H3. The summed E-state index contributed by atoms with van der Waals surface area (Å²) in [5.74, 6) is -2.55. The highest BCUT2D eigenvalue weighted by Crippen LogP contribution is 2.28. The van der Waals surface area contributed by atoms with E-state index in [1.54, 1.807) is 0 Å². The highest BCUT2D eigenvalue weighted by molar-refractivity contribution is 6.32. The van der Waals surface area contributed by atoms with Gasteiger partial charge in [-0.25, -0.2) is 19.0 Å². The zero-order valence-corrected chi connectivity index (χ0v) is 16.1. The van der Waals surface area contributed by atoms with Crippen molar-refractivity contribution < 1.29 is 23.5 Å². The number of halogens is 2. The SMILES string of the molecule is CCCC(OC(=O)c1cccc(C(=O)Oc2c(F)cccc2Cl)n1)C(C)C. The summed E-state index contributed by atoms with van der Waals surface area (Å²) >= 11 is 5.85. The maximum atomic E-state index is 13.8. The van der Waals surface area contributed by atoms with Crippen molar-refractivity contribution in [2.24, 2.45) is 5.92 Å². The molecule has 0 aliphatic carbocycles. The molecule has 0 bridgehead atoms. The van der Waals surface area contributed by atoms with Crippen molar-refractivity contribution in [1.82, 2.24) is 4.98 Å². The Kier molecular flexibility index (Phi) is 7.30. The van der Waals surface area contributed by atoms with Crippen LogP contribution in [0.1, 0.15) is 54.6 Å². The molecule has 1 atom stereocenters. The molecule has 27 heavy (non-hydrogen) atoms. The minimum Gasteiger partial charge on any atom is -0.457 e. The van der Waals surface area contributed by atoms with Gasteiger partial charge in [0.25, 0.3) is 0 Å². The van der Waals surface area contributed by atoms with Gasteiger partial charge in [0, 0.05) is 0 Å². The zero-order chi connectivity index (χ0) is 20.0. The topological polar surface area (TPSA) is 65.5 Å². The Balaban J connectivity index is 2.16. The Morgan fingerprint density at radius 3 is 2.33 bits per heavy atom. The van der Waals surface area contributed by atoms with Crippen molar-refractivity contribution in [3.63, 3.8) is 0 Å². The van der Waals surface area contributed by atoms with E-state index in [1.807, 2.05) is 20.8 Å². The van der Waals surface area contributed by atoms with Gasteiger partial charge in [0.15, 0.2) is 11.6 Å². The van der Waals surface area contributed by atoms with Gasteiger partial charge in [0.1, 0.15) is 17.5 Å². The van der Waals surface area contributed by atoms with Crippen molar-refractivity contribution in [3.05, 3.63) is 58.6 Å². The van der Waals surface area contributed by atoms with E-state index in [1.165, 1.54) is 30.3 Å². The van der Waals surface area contributed by atoms with E-state index in [-0.39, 0.29) is 34.2 Å². The summed E-state index contributed by atoms with van der Waals surface area (Å²) in [6.07, 6.45) is 1.37. The van der Waals surface area contributed by atoms with Gasteiger partial charge in [0.2, 0.25) is 0 Å². The van der Waals surface area contributed by atoms with Crippen molar-refractivity contribution >= 4 is 23.5 Å². The van der Waals surface area contributed by atoms with Crippen LogP contribution in [0.4, 0.5) is 4.39 Å². The van der Waals surface area contributed by atoms with Gasteiger partial charge in [-0.1, -0.05) is 50.9 Å². The number of hydrogen-bond donors (Lipinski definition) is 0. The summed E-state index contributed by atoms with van der Waals surface area (Å²) in [6, 6.07) is 8.20. The lowest BCUT2D eigenvalue weighted by molar-refractivity contribution is 0.0150. The largest absolute Gasteiger partial charge is 0.457 e. The fourth-order valence-electron chi connectivity index (χ4n) is 2.40. The van der Waals surface area contributed by atoms with Crippen LogP contribution in [0.5, 0.6) is 5.75 Å². The highest BCUT2D eigenvalue weighted by atomic mass is 35.5. The molecular formula is C20H21ClFNO4. The average Bonchev–Trinajstić information content (AvgIpc) is 2.64. The summed E-state index contributed by atoms with van der Waals surface area (Å²) in [6.45, 7) is 5.94.